The lowest BCUT2D eigenvalue weighted by atomic mass is 9.99. The summed E-state index contributed by atoms with van der Waals surface area (Å²) in [5.74, 6) is -0.125. The van der Waals surface area contributed by atoms with E-state index in [1.807, 2.05) is 13.8 Å². The molecule has 0 bridgehead atoms. The van der Waals surface area contributed by atoms with Gasteiger partial charge in [-0.05, 0) is 13.8 Å². The fourth-order valence-corrected chi connectivity index (χ4v) is 1.84. The standard InChI is InChI=1S/C12H17N3O4/c1-8(2)19-10-5-9(13-7-14-10)15-12(11(16)17)3-4-18-6-12/h5,7-8H,3-4,6H2,1-2H3,(H,16,17)(H,13,14,15). The number of nitrogens with zero attached hydrogens (tertiary/aromatic N) is 2. The highest BCUT2D eigenvalue weighted by molar-refractivity contribution is 5.83. The van der Waals surface area contributed by atoms with Gasteiger partial charge in [0.1, 0.15) is 12.1 Å². The molecule has 0 saturated carbocycles. The zero-order chi connectivity index (χ0) is 13.9. The number of aliphatic carboxylic acids is 1. The fraction of sp³-hybridized carbons (Fsp3) is 0.583. The van der Waals surface area contributed by atoms with Crippen LogP contribution in [-0.4, -0.2) is 45.9 Å². The molecule has 0 aliphatic carbocycles. The van der Waals surface area contributed by atoms with Crippen LogP contribution >= 0.6 is 0 Å². The minimum Gasteiger partial charge on any atom is -0.479 e. The Morgan fingerprint density at radius 2 is 2.37 bits per heavy atom. The largest absolute Gasteiger partial charge is 0.479 e. The maximum absolute atomic E-state index is 11.4. The van der Waals surface area contributed by atoms with Crippen molar-refractivity contribution in [1.29, 1.82) is 0 Å². The summed E-state index contributed by atoms with van der Waals surface area (Å²) >= 11 is 0. The van der Waals surface area contributed by atoms with E-state index in [-0.39, 0.29) is 12.7 Å². The predicted octanol–water partition coefficient (Wildman–Crippen LogP) is 0.919. The Labute approximate surface area is 111 Å². The molecular formula is C12H17N3O4. The van der Waals surface area contributed by atoms with Crippen molar-refractivity contribution in [2.45, 2.75) is 31.9 Å². The summed E-state index contributed by atoms with van der Waals surface area (Å²) in [5, 5.41) is 12.2. The van der Waals surface area contributed by atoms with E-state index in [9.17, 15) is 9.90 Å². The molecule has 2 N–H and O–H groups in total. The average molecular weight is 267 g/mol. The third kappa shape index (κ3) is 3.11. The van der Waals surface area contributed by atoms with Crippen molar-refractivity contribution < 1.29 is 19.4 Å². The molecular weight excluding hydrogens is 250 g/mol. The van der Waals surface area contributed by atoms with E-state index >= 15 is 0 Å². The quantitative estimate of drug-likeness (QED) is 0.819. The van der Waals surface area contributed by atoms with E-state index in [0.717, 1.165) is 0 Å². The molecule has 1 aromatic rings. The molecule has 19 heavy (non-hydrogen) atoms. The first kappa shape index (κ1) is 13.5. The Bertz CT molecular complexity index is 458. The maximum Gasteiger partial charge on any atom is 0.331 e. The van der Waals surface area contributed by atoms with Gasteiger partial charge in [0, 0.05) is 19.1 Å². The van der Waals surface area contributed by atoms with E-state index in [2.05, 4.69) is 15.3 Å². The molecule has 1 unspecified atom stereocenters. The summed E-state index contributed by atoms with van der Waals surface area (Å²) in [6, 6.07) is 1.59. The maximum atomic E-state index is 11.4. The number of anilines is 1. The molecule has 2 heterocycles. The highest BCUT2D eigenvalue weighted by atomic mass is 16.5. The zero-order valence-electron chi connectivity index (χ0n) is 10.9. The predicted molar refractivity (Wildman–Crippen MR) is 67.2 cm³/mol. The van der Waals surface area contributed by atoms with Gasteiger partial charge < -0.3 is 19.9 Å². The third-order valence-electron chi connectivity index (χ3n) is 2.80. The summed E-state index contributed by atoms with van der Waals surface area (Å²) < 4.78 is 10.6. The van der Waals surface area contributed by atoms with E-state index in [4.69, 9.17) is 9.47 Å². The average Bonchev–Trinajstić information content (AvgIpc) is 2.78. The molecule has 0 amide bonds. The van der Waals surface area contributed by atoms with E-state index in [0.29, 0.717) is 24.7 Å². The first-order valence-electron chi connectivity index (χ1n) is 6.10. The molecule has 1 saturated heterocycles. The molecule has 1 atom stereocenters. The topological polar surface area (TPSA) is 93.6 Å². The molecule has 1 aliphatic rings. The van der Waals surface area contributed by atoms with E-state index < -0.39 is 11.5 Å². The van der Waals surface area contributed by atoms with Crippen molar-refractivity contribution in [3.8, 4) is 5.88 Å². The molecule has 1 aromatic heterocycles. The Morgan fingerprint density at radius 3 is 2.95 bits per heavy atom. The molecule has 7 nitrogen and oxygen atoms in total. The Balaban J connectivity index is 2.15. The fourth-order valence-electron chi connectivity index (χ4n) is 1.84. The summed E-state index contributed by atoms with van der Waals surface area (Å²) in [6.45, 7) is 4.31. The monoisotopic (exact) mass is 267 g/mol. The molecule has 0 radical (unpaired) electrons. The number of carboxylic acids is 1. The lowest BCUT2D eigenvalue weighted by Gasteiger charge is -2.24. The normalized spacial score (nSPS) is 22.5. The molecule has 2 rings (SSSR count). The van der Waals surface area contributed by atoms with Gasteiger partial charge in [0.2, 0.25) is 5.88 Å². The van der Waals surface area contributed by atoms with Crippen molar-refractivity contribution in [3.63, 3.8) is 0 Å². The third-order valence-corrected chi connectivity index (χ3v) is 2.80. The van der Waals surface area contributed by atoms with Crippen LogP contribution in [0.4, 0.5) is 5.82 Å². The number of carboxylic acid groups (broad SMARTS) is 1. The van der Waals surface area contributed by atoms with Crippen molar-refractivity contribution in [3.05, 3.63) is 12.4 Å². The van der Waals surface area contributed by atoms with Crippen LogP contribution in [0.5, 0.6) is 5.88 Å². The number of hydrogen-bond donors (Lipinski definition) is 2. The zero-order valence-corrected chi connectivity index (χ0v) is 10.9. The van der Waals surface area contributed by atoms with Crippen LogP contribution in [0.1, 0.15) is 20.3 Å². The van der Waals surface area contributed by atoms with Gasteiger partial charge in [0.25, 0.3) is 0 Å². The number of rotatable bonds is 5. The first-order chi connectivity index (χ1) is 9.02. The Kier molecular flexibility index (Phi) is 3.84. The molecule has 1 fully saturated rings. The lowest BCUT2D eigenvalue weighted by Crippen LogP contribution is -2.47. The molecule has 1 aliphatic heterocycles. The minimum absolute atomic E-state index is 0.00834. The number of hydrogen-bond acceptors (Lipinski definition) is 6. The van der Waals surface area contributed by atoms with Gasteiger partial charge in [-0.25, -0.2) is 14.8 Å². The summed E-state index contributed by atoms with van der Waals surface area (Å²) in [7, 11) is 0. The highest BCUT2D eigenvalue weighted by Crippen LogP contribution is 2.25. The lowest BCUT2D eigenvalue weighted by molar-refractivity contribution is -0.142. The van der Waals surface area contributed by atoms with Crippen molar-refractivity contribution in [1.82, 2.24) is 9.97 Å². The minimum atomic E-state index is -1.12. The van der Waals surface area contributed by atoms with Gasteiger partial charge in [-0.1, -0.05) is 0 Å². The van der Waals surface area contributed by atoms with E-state index in [1.165, 1.54) is 6.33 Å². The Morgan fingerprint density at radius 1 is 1.58 bits per heavy atom. The summed E-state index contributed by atoms with van der Waals surface area (Å²) in [4.78, 5) is 19.4. The van der Waals surface area contributed by atoms with Crippen LogP contribution in [0.2, 0.25) is 0 Å². The smallest absolute Gasteiger partial charge is 0.331 e. The van der Waals surface area contributed by atoms with Gasteiger partial charge in [-0.3, -0.25) is 0 Å². The second-order valence-corrected chi connectivity index (χ2v) is 4.72. The van der Waals surface area contributed by atoms with Crippen LogP contribution in [-0.2, 0) is 9.53 Å². The van der Waals surface area contributed by atoms with Crippen LogP contribution in [0.3, 0.4) is 0 Å². The van der Waals surface area contributed by atoms with E-state index in [1.54, 1.807) is 6.07 Å². The van der Waals surface area contributed by atoms with Crippen molar-refractivity contribution in [2.75, 3.05) is 18.5 Å². The van der Waals surface area contributed by atoms with Crippen molar-refractivity contribution in [2.24, 2.45) is 0 Å². The first-order valence-corrected chi connectivity index (χ1v) is 6.10. The van der Waals surface area contributed by atoms with Gasteiger partial charge in [-0.15, -0.1) is 0 Å². The molecule has 0 spiro atoms. The molecule has 104 valence electrons. The van der Waals surface area contributed by atoms with Crippen LogP contribution in [0.25, 0.3) is 0 Å². The second kappa shape index (κ2) is 5.40. The number of nitrogens with one attached hydrogen (secondary N) is 1. The molecule has 0 aromatic carbocycles. The van der Waals surface area contributed by atoms with Gasteiger partial charge in [0.15, 0.2) is 5.54 Å². The van der Waals surface area contributed by atoms with Crippen LogP contribution < -0.4 is 10.1 Å². The second-order valence-electron chi connectivity index (χ2n) is 4.72. The van der Waals surface area contributed by atoms with Gasteiger partial charge in [0.05, 0.1) is 12.7 Å². The van der Waals surface area contributed by atoms with Crippen LogP contribution in [0, 0.1) is 0 Å². The number of ether oxygens (including phenoxy) is 2. The summed E-state index contributed by atoms with van der Waals surface area (Å²) in [5.41, 5.74) is -1.12. The highest BCUT2D eigenvalue weighted by Gasteiger charge is 2.43. The molecule has 7 heteroatoms. The Hall–Kier alpha value is -1.89. The number of carbonyl (C=O) groups is 1. The SMILES string of the molecule is CC(C)Oc1cc(NC2(C(=O)O)CCOC2)ncn1. The van der Waals surface area contributed by atoms with Gasteiger partial charge >= 0.3 is 5.97 Å². The number of aromatic nitrogens is 2. The van der Waals surface area contributed by atoms with Crippen LogP contribution in [0.15, 0.2) is 12.4 Å². The summed E-state index contributed by atoms with van der Waals surface area (Å²) in [6.07, 6.45) is 1.73. The van der Waals surface area contributed by atoms with Crippen molar-refractivity contribution >= 4 is 11.8 Å². The van der Waals surface area contributed by atoms with Gasteiger partial charge in [-0.2, -0.15) is 0 Å².